The minimum absolute atomic E-state index is 0.0105. The molecule has 166 valence electrons. The number of sulfonamides is 1. The summed E-state index contributed by atoms with van der Waals surface area (Å²) in [6.07, 6.45) is 5.30. The summed E-state index contributed by atoms with van der Waals surface area (Å²) in [5.41, 5.74) is 2.76. The number of carbonyl (C=O) groups is 1. The van der Waals surface area contributed by atoms with Crippen molar-refractivity contribution in [2.75, 3.05) is 25.1 Å². The average molecular weight is 443 g/mol. The average Bonchev–Trinajstić information content (AvgIpc) is 3.05. The van der Waals surface area contributed by atoms with E-state index in [0.717, 1.165) is 61.1 Å². The van der Waals surface area contributed by atoms with Gasteiger partial charge in [-0.15, -0.1) is 0 Å². The molecule has 0 spiro atoms. The van der Waals surface area contributed by atoms with E-state index in [4.69, 9.17) is 4.74 Å². The van der Waals surface area contributed by atoms with Crippen molar-refractivity contribution in [2.45, 2.75) is 56.4 Å². The van der Waals surface area contributed by atoms with Gasteiger partial charge in [-0.25, -0.2) is 8.42 Å². The summed E-state index contributed by atoms with van der Waals surface area (Å²) in [6, 6.07) is 12.7. The van der Waals surface area contributed by atoms with E-state index in [1.807, 2.05) is 24.3 Å². The third kappa shape index (κ3) is 4.34. The maximum atomic E-state index is 13.8. The van der Waals surface area contributed by atoms with Gasteiger partial charge in [-0.1, -0.05) is 25.0 Å². The summed E-state index contributed by atoms with van der Waals surface area (Å²) in [5.74, 6) is 0.750. The van der Waals surface area contributed by atoms with Gasteiger partial charge in [-0.05, 0) is 67.1 Å². The number of benzene rings is 2. The smallest absolute Gasteiger partial charge is 0.243 e. The van der Waals surface area contributed by atoms with Crippen LogP contribution in [0.15, 0.2) is 47.4 Å². The van der Waals surface area contributed by atoms with E-state index in [0.29, 0.717) is 18.0 Å². The number of fused-ring (bicyclic) bond motifs is 1. The first kappa shape index (κ1) is 21.8. The van der Waals surface area contributed by atoms with Gasteiger partial charge >= 0.3 is 0 Å². The molecule has 6 nitrogen and oxygen atoms in total. The first-order chi connectivity index (χ1) is 14.9. The lowest BCUT2D eigenvalue weighted by atomic mass is 10.0. The number of hydrogen-bond acceptors (Lipinski definition) is 4. The monoisotopic (exact) mass is 442 g/mol. The molecular formula is C24H30N2O4S. The summed E-state index contributed by atoms with van der Waals surface area (Å²) < 4.78 is 34.5. The van der Waals surface area contributed by atoms with Crippen LogP contribution in [0.2, 0.25) is 0 Å². The van der Waals surface area contributed by atoms with Gasteiger partial charge in [0, 0.05) is 25.7 Å². The summed E-state index contributed by atoms with van der Waals surface area (Å²) in [7, 11) is -2.05. The molecule has 1 amide bonds. The van der Waals surface area contributed by atoms with E-state index in [1.54, 1.807) is 41.4 Å². The van der Waals surface area contributed by atoms with Crippen LogP contribution in [0, 0.1) is 0 Å². The molecule has 0 unspecified atom stereocenters. The minimum Gasteiger partial charge on any atom is -0.497 e. The number of amides is 1. The van der Waals surface area contributed by atoms with Gasteiger partial charge in [-0.2, -0.15) is 4.31 Å². The molecule has 2 heterocycles. The van der Waals surface area contributed by atoms with Gasteiger partial charge in [0.2, 0.25) is 15.9 Å². The first-order valence-electron chi connectivity index (χ1n) is 11.0. The van der Waals surface area contributed by atoms with Crippen molar-refractivity contribution < 1.29 is 17.9 Å². The summed E-state index contributed by atoms with van der Waals surface area (Å²) in [6.45, 7) is 2.74. The van der Waals surface area contributed by atoms with Gasteiger partial charge in [0.15, 0.2) is 0 Å². The highest BCUT2D eigenvalue weighted by Crippen LogP contribution is 2.37. The number of carbonyl (C=O) groups excluding carboxylic acids is 1. The quantitative estimate of drug-likeness (QED) is 0.708. The molecular weight excluding hydrogens is 412 g/mol. The van der Waals surface area contributed by atoms with Crippen molar-refractivity contribution in [3.8, 4) is 5.75 Å². The van der Waals surface area contributed by atoms with E-state index >= 15 is 0 Å². The number of hydrogen-bond donors (Lipinski definition) is 0. The highest BCUT2D eigenvalue weighted by molar-refractivity contribution is 7.89. The van der Waals surface area contributed by atoms with Gasteiger partial charge in [0.05, 0.1) is 18.0 Å². The number of aryl methyl sites for hydroxylation is 1. The number of rotatable bonds is 4. The van der Waals surface area contributed by atoms with Crippen LogP contribution in [0.1, 0.15) is 56.2 Å². The van der Waals surface area contributed by atoms with Gasteiger partial charge in [0.1, 0.15) is 5.75 Å². The molecule has 1 fully saturated rings. The molecule has 1 atom stereocenters. The SMILES string of the molecule is COc1ccc([C@H]2CCCCCN2S(=O)(=O)c2ccc3c(c2)CCCN3C(C)=O)cc1. The molecule has 0 saturated carbocycles. The largest absolute Gasteiger partial charge is 0.497 e. The molecule has 0 N–H and O–H groups in total. The predicted molar refractivity (Wildman–Crippen MR) is 121 cm³/mol. The van der Waals surface area contributed by atoms with Gasteiger partial charge in [0.25, 0.3) is 0 Å². The number of methoxy groups -OCH3 is 1. The van der Waals surface area contributed by atoms with Crippen LogP contribution in [-0.4, -0.2) is 38.8 Å². The molecule has 7 heteroatoms. The fraction of sp³-hybridized carbons (Fsp3) is 0.458. The van der Waals surface area contributed by atoms with Gasteiger partial charge in [-0.3, -0.25) is 4.79 Å². The van der Waals surface area contributed by atoms with Crippen LogP contribution in [-0.2, 0) is 21.2 Å². The first-order valence-corrected chi connectivity index (χ1v) is 12.4. The van der Waals surface area contributed by atoms with Crippen molar-refractivity contribution in [1.82, 2.24) is 4.31 Å². The molecule has 2 aromatic carbocycles. The van der Waals surface area contributed by atoms with Crippen LogP contribution in [0.5, 0.6) is 5.75 Å². The molecule has 0 aromatic heterocycles. The molecule has 0 bridgehead atoms. The van der Waals surface area contributed by atoms with E-state index in [-0.39, 0.29) is 11.9 Å². The van der Waals surface area contributed by atoms with E-state index < -0.39 is 10.0 Å². The Balaban J connectivity index is 1.70. The molecule has 31 heavy (non-hydrogen) atoms. The van der Waals surface area contributed by atoms with Crippen molar-refractivity contribution in [2.24, 2.45) is 0 Å². The lowest BCUT2D eigenvalue weighted by molar-refractivity contribution is -0.116. The van der Waals surface area contributed by atoms with Crippen molar-refractivity contribution in [1.29, 1.82) is 0 Å². The lowest BCUT2D eigenvalue weighted by Gasteiger charge is -2.31. The van der Waals surface area contributed by atoms with E-state index in [9.17, 15) is 13.2 Å². The Morgan fingerprint density at radius 3 is 2.48 bits per heavy atom. The molecule has 2 aliphatic heterocycles. The Bertz CT molecular complexity index is 1050. The molecule has 2 aromatic rings. The standard InChI is InChI=1S/C24H30N2O4S/c1-18(27)25-15-6-7-20-17-22(13-14-23(20)25)31(28,29)26-16-5-3-4-8-24(26)19-9-11-21(30-2)12-10-19/h9-14,17,24H,3-8,15-16H2,1-2H3/t24-/m1/s1. The topological polar surface area (TPSA) is 66.9 Å². The zero-order valence-electron chi connectivity index (χ0n) is 18.2. The Kier molecular flexibility index (Phi) is 6.34. The maximum absolute atomic E-state index is 13.8. The molecule has 0 radical (unpaired) electrons. The Labute approximate surface area is 184 Å². The fourth-order valence-electron chi connectivity index (χ4n) is 4.73. The Morgan fingerprint density at radius 1 is 1.00 bits per heavy atom. The zero-order valence-corrected chi connectivity index (χ0v) is 19.0. The second-order valence-corrected chi connectivity index (χ2v) is 10.2. The van der Waals surface area contributed by atoms with Crippen molar-refractivity contribution >= 4 is 21.6 Å². The Hall–Kier alpha value is -2.38. The number of anilines is 1. The second kappa shape index (κ2) is 9.01. The molecule has 0 aliphatic carbocycles. The molecule has 1 saturated heterocycles. The second-order valence-electron chi connectivity index (χ2n) is 8.32. The third-order valence-electron chi connectivity index (χ3n) is 6.36. The highest BCUT2D eigenvalue weighted by atomic mass is 32.2. The lowest BCUT2D eigenvalue weighted by Crippen LogP contribution is -2.36. The fourth-order valence-corrected chi connectivity index (χ4v) is 6.46. The van der Waals surface area contributed by atoms with Crippen LogP contribution in [0.4, 0.5) is 5.69 Å². The normalized spacial score (nSPS) is 20.1. The Morgan fingerprint density at radius 2 is 1.77 bits per heavy atom. The third-order valence-corrected chi connectivity index (χ3v) is 8.26. The minimum atomic E-state index is -3.67. The summed E-state index contributed by atoms with van der Waals surface area (Å²) in [4.78, 5) is 14.0. The van der Waals surface area contributed by atoms with Crippen LogP contribution in [0.3, 0.4) is 0 Å². The molecule has 2 aliphatic rings. The van der Waals surface area contributed by atoms with Crippen LogP contribution in [0.25, 0.3) is 0 Å². The highest BCUT2D eigenvalue weighted by Gasteiger charge is 2.34. The van der Waals surface area contributed by atoms with Gasteiger partial charge < -0.3 is 9.64 Å². The van der Waals surface area contributed by atoms with E-state index in [1.165, 1.54) is 0 Å². The van der Waals surface area contributed by atoms with Crippen LogP contribution >= 0.6 is 0 Å². The van der Waals surface area contributed by atoms with Crippen molar-refractivity contribution in [3.05, 3.63) is 53.6 Å². The van der Waals surface area contributed by atoms with E-state index in [2.05, 4.69) is 0 Å². The maximum Gasteiger partial charge on any atom is 0.243 e. The van der Waals surface area contributed by atoms with Crippen LogP contribution < -0.4 is 9.64 Å². The number of ether oxygens (including phenoxy) is 1. The predicted octanol–water partition coefficient (Wildman–Crippen LogP) is 4.30. The van der Waals surface area contributed by atoms with Crippen molar-refractivity contribution in [3.63, 3.8) is 0 Å². The zero-order chi connectivity index (χ0) is 22.0. The summed E-state index contributed by atoms with van der Waals surface area (Å²) >= 11 is 0. The summed E-state index contributed by atoms with van der Waals surface area (Å²) in [5, 5.41) is 0. The number of nitrogens with zero attached hydrogens (tertiary/aromatic N) is 2. The molecule has 4 rings (SSSR count).